The van der Waals surface area contributed by atoms with Crippen molar-refractivity contribution in [1.29, 1.82) is 0 Å². The third kappa shape index (κ3) is 2.58. The summed E-state index contributed by atoms with van der Waals surface area (Å²) in [6, 6.07) is 6.37. The number of carbonyl (C=O) groups is 1. The molecule has 0 saturated heterocycles. The Kier molecular flexibility index (Phi) is 4.03. The molecule has 0 atom stereocenters. The zero-order valence-electron chi connectivity index (χ0n) is 11.8. The van der Waals surface area contributed by atoms with E-state index in [-0.39, 0.29) is 12.5 Å². The van der Waals surface area contributed by atoms with Crippen molar-refractivity contribution in [3.8, 4) is 0 Å². The largest absolute Gasteiger partial charge is 0.395 e. The molecule has 20 heavy (non-hydrogen) atoms. The van der Waals surface area contributed by atoms with Gasteiger partial charge in [0.15, 0.2) is 0 Å². The summed E-state index contributed by atoms with van der Waals surface area (Å²) in [5.41, 5.74) is 3.34. The second kappa shape index (κ2) is 5.94. The fourth-order valence-electron chi connectivity index (χ4n) is 3.04. The summed E-state index contributed by atoms with van der Waals surface area (Å²) < 4.78 is 0. The molecule has 0 spiro atoms. The summed E-state index contributed by atoms with van der Waals surface area (Å²) in [6.45, 7) is 2.34. The average Bonchev–Trinajstić information content (AvgIpc) is 2.43. The summed E-state index contributed by atoms with van der Waals surface area (Å²) in [5.74, 6) is 0.0668. The summed E-state index contributed by atoms with van der Waals surface area (Å²) in [7, 11) is 0. The van der Waals surface area contributed by atoms with Crippen molar-refractivity contribution in [3.05, 3.63) is 34.9 Å². The Bertz CT molecular complexity index is 497. The first-order valence-corrected chi connectivity index (χ1v) is 7.54. The van der Waals surface area contributed by atoms with Crippen molar-refractivity contribution in [2.24, 2.45) is 0 Å². The average molecular weight is 274 g/mol. The van der Waals surface area contributed by atoms with Crippen LogP contribution in [0.1, 0.15) is 40.7 Å². The quantitative estimate of drug-likeness (QED) is 0.870. The third-order valence-electron chi connectivity index (χ3n) is 4.46. The minimum Gasteiger partial charge on any atom is -0.395 e. The molecule has 0 radical (unpaired) electrons. The summed E-state index contributed by atoms with van der Waals surface area (Å²) >= 11 is 0. The number of rotatable bonds is 4. The third-order valence-corrected chi connectivity index (χ3v) is 4.46. The van der Waals surface area contributed by atoms with Gasteiger partial charge in [-0.05, 0) is 55.5 Å². The van der Waals surface area contributed by atoms with Crippen LogP contribution in [0, 0.1) is 0 Å². The fourth-order valence-corrected chi connectivity index (χ4v) is 3.04. The Morgan fingerprint density at radius 3 is 2.90 bits per heavy atom. The van der Waals surface area contributed by atoms with Gasteiger partial charge in [0.1, 0.15) is 0 Å². The zero-order valence-corrected chi connectivity index (χ0v) is 11.8. The van der Waals surface area contributed by atoms with Crippen LogP contribution in [0.2, 0.25) is 0 Å². The molecule has 3 rings (SSSR count). The predicted octanol–water partition coefficient (Wildman–Crippen LogP) is 1.32. The molecule has 1 aromatic rings. The number of hydrogen-bond donors (Lipinski definition) is 2. The van der Waals surface area contributed by atoms with Crippen LogP contribution in [0.15, 0.2) is 18.2 Å². The summed E-state index contributed by atoms with van der Waals surface area (Å²) in [5, 5.41) is 12.5. The molecule has 1 heterocycles. The van der Waals surface area contributed by atoms with Gasteiger partial charge in [-0.2, -0.15) is 0 Å². The van der Waals surface area contributed by atoms with E-state index in [9.17, 15) is 9.90 Å². The molecule has 1 aromatic carbocycles. The van der Waals surface area contributed by atoms with Crippen LogP contribution in [0.5, 0.6) is 0 Å². The molecule has 0 bridgehead atoms. The molecule has 1 saturated carbocycles. The van der Waals surface area contributed by atoms with Gasteiger partial charge < -0.3 is 15.3 Å². The van der Waals surface area contributed by atoms with Gasteiger partial charge in [0.2, 0.25) is 0 Å². The number of nitrogens with zero attached hydrogens (tertiary/aromatic N) is 1. The van der Waals surface area contributed by atoms with E-state index >= 15 is 0 Å². The van der Waals surface area contributed by atoms with E-state index in [0.29, 0.717) is 12.6 Å². The normalized spacial score (nSPS) is 18.2. The van der Waals surface area contributed by atoms with Crippen molar-refractivity contribution in [2.45, 2.75) is 38.3 Å². The first-order valence-electron chi connectivity index (χ1n) is 7.54. The Morgan fingerprint density at radius 2 is 2.20 bits per heavy atom. The second-order valence-corrected chi connectivity index (χ2v) is 5.72. The van der Waals surface area contributed by atoms with Crippen LogP contribution in [-0.2, 0) is 13.0 Å². The minimum absolute atomic E-state index is 0.0364. The maximum absolute atomic E-state index is 12.6. The highest BCUT2D eigenvalue weighted by Gasteiger charge is 2.29. The van der Waals surface area contributed by atoms with Gasteiger partial charge in [0, 0.05) is 24.7 Å². The number of carbonyl (C=O) groups excluding carboxylic acids is 1. The number of aliphatic hydroxyl groups excluding tert-OH is 1. The first kappa shape index (κ1) is 13.6. The highest BCUT2D eigenvalue weighted by atomic mass is 16.3. The van der Waals surface area contributed by atoms with E-state index < -0.39 is 0 Å². The molecule has 2 aliphatic rings. The first-order chi connectivity index (χ1) is 9.79. The number of fused-ring (bicyclic) bond motifs is 1. The SMILES string of the molecule is O=C(c1ccc2c(c1)CNCC2)N(CCO)C1CCC1. The Hall–Kier alpha value is -1.39. The van der Waals surface area contributed by atoms with E-state index in [2.05, 4.69) is 11.4 Å². The Balaban J connectivity index is 1.81. The molecule has 4 nitrogen and oxygen atoms in total. The highest BCUT2D eigenvalue weighted by molar-refractivity contribution is 5.94. The molecule has 1 amide bonds. The van der Waals surface area contributed by atoms with Gasteiger partial charge in [-0.1, -0.05) is 6.07 Å². The molecule has 108 valence electrons. The van der Waals surface area contributed by atoms with Crippen molar-refractivity contribution in [2.75, 3.05) is 19.7 Å². The number of nitrogens with one attached hydrogen (secondary N) is 1. The number of hydrogen-bond acceptors (Lipinski definition) is 3. The molecule has 1 aliphatic carbocycles. The summed E-state index contributed by atoms with van der Waals surface area (Å²) in [6.07, 6.45) is 4.36. The van der Waals surface area contributed by atoms with Gasteiger partial charge in [-0.3, -0.25) is 4.79 Å². The predicted molar refractivity (Wildman–Crippen MR) is 77.6 cm³/mol. The topological polar surface area (TPSA) is 52.6 Å². The van der Waals surface area contributed by atoms with Crippen LogP contribution in [0.4, 0.5) is 0 Å². The number of amides is 1. The molecular weight excluding hydrogens is 252 g/mol. The van der Waals surface area contributed by atoms with Gasteiger partial charge in [0.05, 0.1) is 6.61 Å². The second-order valence-electron chi connectivity index (χ2n) is 5.72. The van der Waals surface area contributed by atoms with Crippen molar-refractivity contribution >= 4 is 5.91 Å². The highest BCUT2D eigenvalue weighted by Crippen LogP contribution is 2.26. The maximum Gasteiger partial charge on any atom is 0.254 e. The molecule has 1 fully saturated rings. The fraction of sp³-hybridized carbons (Fsp3) is 0.562. The molecular formula is C16H22N2O2. The van der Waals surface area contributed by atoms with Crippen LogP contribution in [0.3, 0.4) is 0 Å². The lowest BCUT2D eigenvalue weighted by atomic mass is 9.90. The van der Waals surface area contributed by atoms with E-state index in [1.54, 1.807) is 0 Å². The Morgan fingerprint density at radius 1 is 1.35 bits per heavy atom. The Labute approximate surface area is 119 Å². The monoisotopic (exact) mass is 274 g/mol. The van der Waals surface area contributed by atoms with Crippen molar-refractivity contribution in [3.63, 3.8) is 0 Å². The van der Waals surface area contributed by atoms with Crippen LogP contribution in [-0.4, -0.2) is 41.7 Å². The van der Waals surface area contributed by atoms with E-state index in [0.717, 1.165) is 37.9 Å². The number of aliphatic hydroxyl groups is 1. The van der Waals surface area contributed by atoms with Gasteiger partial charge in [0.25, 0.3) is 5.91 Å². The van der Waals surface area contributed by atoms with Crippen molar-refractivity contribution < 1.29 is 9.90 Å². The van der Waals surface area contributed by atoms with Gasteiger partial charge >= 0.3 is 0 Å². The van der Waals surface area contributed by atoms with Gasteiger partial charge in [-0.15, -0.1) is 0 Å². The molecule has 0 aromatic heterocycles. The van der Waals surface area contributed by atoms with E-state index in [4.69, 9.17) is 0 Å². The van der Waals surface area contributed by atoms with Gasteiger partial charge in [-0.25, -0.2) is 0 Å². The molecule has 0 unspecified atom stereocenters. The number of benzene rings is 1. The molecule has 2 N–H and O–H groups in total. The zero-order chi connectivity index (χ0) is 13.9. The van der Waals surface area contributed by atoms with Crippen LogP contribution >= 0.6 is 0 Å². The lowest BCUT2D eigenvalue weighted by Gasteiger charge is -2.37. The lowest BCUT2D eigenvalue weighted by molar-refractivity contribution is 0.0525. The summed E-state index contributed by atoms with van der Waals surface area (Å²) in [4.78, 5) is 14.5. The standard InChI is InChI=1S/C16H22N2O2/c19-9-8-18(15-2-1-3-15)16(20)13-5-4-12-6-7-17-11-14(12)10-13/h4-5,10,15,17,19H,1-3,6-9,11H2. The smallest absolute Gasteiger partial charge is 0.254 e. The van der Waals surface area contributed by atoms with E-state index in [1.807, 2.05) is 17.0 Å². The molecule has 1 aliphatic heterocycles. The van der Waals surface area contributed by atoms with E-state index in [1.165, 1.54) is 17.5 Å². The maximum atomic E-state index is 12.6. The van der Waals surface area contributed by atoms with Crippen LogP contribution in [0.25, 0.3) is 0 Å². The lowest BCUT2D eigenvalue weighted by Crippen LogP contribution is -2.45. The minimum atomic E-state index is 0.0364. The van der Waals surface area contributed by atoms with Crippen LogP contribution < -0.4 is 5.32 Å². The molecule has 4 heteroatoms. The van der Waals surface area contributed by atoms with Crippen molar-refractivity contribution in [1.82, 2.24) is 10.2 Å².